The van der Waals surface area contributed by atoms with Crippen LogP contribution in [0.25, 0.3) is 11.1 Å². The third-order valence-corrected chi connectivity index (χ3v) is 9.83. The van der Waals surface area contributed by atoms with Crippen LogP contribution in [-0.2, 0) is 23.2 Å². The van der Waals surface area contributed by atoms with Crippen molar-refractivity contribution in [3.8, 4) is 11.1 Å². The van der Waals surface area contributed by atoms with Crippen LogP contribution in [-0.4, -0.2) is 21.1 Å². The summed E-state index contributed by atoms with van der Waals surface area (Å²) in [6.07, 6.45) is 2.27. The molecule has 3 nitrogen and oxygen atoms in total. The molecule has 0 heterocycles. The van der Waals surface area contributed by atoms with Crippen LogP contribution in [0, 0.1) is 0 Å². The van der Waals surface area contributed by atoms with Crippen LogP contribution < -0.4 is 16.0 Å². The van der Waals surface area contributed by atoms with Crippen molar-refractivity contribution in [3.63, 3.8) is 0 Å². The molecule has 0 spiro atoms. The molecule has 2 aromatic carbocycles. The van der Waals surface area contributed by atoms with Crippen LogP contribution in [0.2, 0.25) is 3.63 Å². The van der Waals surface area contributed by atoms with Gasteiger partial charge in [-0.3, -0.25) is 0 Å². The number of allylic oxidation sites excluding steroid dienone is 1. The Labute approximate surface area is 161 Å². The fraction of sp³-hybridized carbons (Fsp3) is 0.238. The van der Waals surface area contributed by atoms with Gasteiger partial charge in [0.25, 0.3) is 0 Å². The second-order valence-corrected chi connectivity index (χ2v) is 10.0. The maximum atomic E-state index is 3.47. The molecule has 3 N–H and O–H groups in total. The number of benzene rings is 2. The molecule has 1 unspecified atom stereocenters. The fourth-order valence-corrected chi connectivity index (χ4v) is 9.09. The molecule has 0 amide bonds. The molecule has 4 rings (SSSR count). The molecule has 0 saturated heterocycles. The van der Waals surface area contributed by atoms with Gasteiger partial charge in [0, 0.05) is 0 Å². The van der Waals surface area contributed by atoms with E-state index in [1.54, 1.807) is 0 Å². The molecule has 0 aromatic heterocycles. The van der Waals surface area contributed by atoms with Gasteiger partial charge in [0.15, 0.2) is 0 Å². The second kappa shape index (κ2) is 6.84. The summed E-state index contributed by atoms with van der Waals surface area (Å²) in [5, 5.41) is 10.3. The Bertz CT molecular complexity index is 823. The molecule has 25 heavy (non-hydrogen) atoms. The Morgan fingerprint density at radius 1 is 0.720 bits per heavy atom. The zero-order valence-electron chi connectivity index (χ0n) is 14.9. The van der Waals surface area contributed by atoms with Gasteiger partial charge >= 0.3 is 162 Å². The first-order valence-electron chi connectivity index (χ1n) is 8.71. The number of fused-ring (bicyclic) bond motifs is 3. The Balaban J connectivity index is 1.76. The quantitative estimate of drug-likeness (QED) is 0.710. The van der Waals surface area contributed by atoms with E-state index in [1.807, 2.05) is 21.1 Å². The van der Waals surface area contributed by atoms with Gasteiger partial charge in [-0.05, 0) is 0 Å². The molecule has 2 aliphatic rings. The molecule has 0 radical (unpaired) electrons. The average Bonchev–Trinajstić information content (AvgIpc) is 3.18. The van der Waals surface area contributed by atoms with Crippen molar-refractivity contribution in [3.05, 3.63) is 82.8 Å². The van der Waals surface area contributed by atoms with Crippen molar-refractivity contribution in [2.45, 2.75) is 7.25 Å². The number of rotatable bonds is 5. The summed E-state index contributed by atoms with van der Waals surface area (Å²) in [7, 11) is 6.09. The third kappa shape index (κ3) is 2.68. The van der Waals surface area contributed by atoms with E-state index in [2.05, 4.69) is 70.6 Å². The van der Waals surface area contributed by atoms with Crippen LogP contribution in [0.3, 0.4) is 0 Å². The van der Waals surface area contributed by atoms with E-state index in [0.717, 1.165) is 0 Å². The topological polar surface area (TPSA) is 36.1 Å². The summed E-state index contributed by atoms with van der Waals surface area (Å²) in [6, 6.07) is 17.9. The SMILES string of the molecule is CNC1=CC(NC)=C(NC)[CH]1[Zr][CH]1c2ccccc2-c2ccccc21. The van der Waals surface area contributed by atoms with Crippen molar-refractivity contribution in [1.82, 2.24) is 16.0 Å². The van der Waals surface area contributed by atoms with E-state index < -0.39 is 23.2 Å². The van der Waals surface area contributed by atoms with Gasteiger partial charge in [-0.25, -0.2) is 0 Å². The molecule has 126 valence electrons. The van der Waals surface area contributed by atoms with Crippen LogP contribution in [0.5, 0.6) is 0 Å². The first kappa shape index (κ1) is 16.7. The average molecular weight is 409 g/mol. The van der Waals surface area contributed by atoms with Gasteiger partial charge in [0.1, 0.15) is 0 Å². The van der Waals surface area contributed by atoms with Gasteiger partial charge in [0.05, 0.1) is 0 Å². The van der Waals surface area contributed by atoms with Crippen LogP contribution in [0.1, 0.15) is 14.8 Å². The molecule has 0 bridgehead atoms. The normalized spacial score (nSPS) is 18.5. The van der Waals surface area contributed by atoms with E-state index in [1.165, 1.54) is 39.3 Å². The Hall–Kier alpha value is -1.80. The standard InChI is InChI=1S/C13H9.C8H14N3.Zr/c1-3-7-12-10(5-1)9-11-6-2-4-8-13(11)12;1-9-6-4-7(10-2)8(5-6)11-3;/h1-9H;4-5,9-11H,1-3H3;. The van der Waals surface area contributed by atoms with Crippen LogP contribution >= 0.6 is 0 Å². The van der Waals surface area contributed by atoms with Crippen molar-refractivity contribution in [2.75, 3.05) is 21.1 Å². The van der Waals surface area contributed by atoms with E-state index in [0.29, 0.717) is 7.25 Å². The Morgan fingerprint density at radius 2 is 1.32 bits per heavy atom. The molecule has 2 aromatic rings. The van der Waals surface area contributed by atoms with E-state index in [-0.39, 0.29) is 0 Å². The van der Waals surface area contributed by atoms with E-state index >= 15 is 0 Å². The summed E-state index contributed by atoms with van der Waals surface area (Å²) in [4.78, 5) is 0. The number of nitrogens with one attached hydrogen (secondary N) is 3. The molecule has 2 aliphatic carbocycles. The summed E-state index contributed by atoms with van der Waals surface area (Å²) in [5.74, 6) is 0. The minimum atomic E-state index is -0.852. The second-order valence-electron chi connectivity index (χ2n) is 6.38. The summed E-state index contributed by atoms with van der Waals surface area (Å²) in [5.41, 5.74) is 9.83. The first-order valence-corrected chi connectivity index (χ1v) is 11.6. The van der Waals surface area contributed by atoms with Crippen molar-refractivity contribution >= 4 is 0 Å². The Morgan fingerprint density at radius 3 is 1.84 bits per heavy atom. The van der Waals surface area contributed by atoms with Crippen molar-refractivity contribution in [1.29, 1.82) is 0 Å². The van der Waals surface area contributed by atoms with Gasteiger partial charge in [0.2, 0.25) is 0 Å². The first-order chi connectivity index (χ1) is 12.3. The molecule has 1 atom stereocenters. The minimum absolute atomic E-state index is 0.519. The van der Waals surface area contributed by atoms with Crippen LogP contribution in [0.4, 0.5) is 0 Å². The molecular weight excluding hydrogens is 385 g/mol. The van der Waals surface area contributed by atoms with Gasteiger partial charge in [-0.1, -0.05) is 0 Å². The summed E-state index contributed by atoms with van der Waals surface area (Å²) >= 11 is -0.852. The molecule has 0 fully saturated rings. The molecular formula is C21H23N3Zr. The van der Waals surface area contributed by atoms with Crippen LogP contribution in [0.15, 0.2) is 71.7 Å². The predicted octanol–water partition coefficient (Wildman–Crippen LogP) is 3.39. The number of likely N-dealkylation sites (N-methyl/N-ethyl adjacent to an activating group) is 1. The zero-order chi connectivity index (χ0) is 17.4. The van der Waals surface area contributed by atoms with Gasteiger partial charge in [-0.15, -0.1) is 0 Å². The Kier molecular flexibility index (Phi) is 4.56. The molecule has 4 heteroatoms. The number of hydrogen-bond acceptors (Lipinski definition) is 3. The third-order valence-electron chi connectivity index (χ3n) is 5.18. The summed E-state index contributed by atoms with van der Waals surface area (Å²) < 4.78 is 1.11. The molecule has 0 aliphatic heterocycles. The predicted molar refractivity (Wildman–Crippen MR) is 99.8 cm³/mol. The summed E-state index contributed by atoms with van der Waals surface area (Å²) in [6.45, 7) is 0. The van der Waals surface area contributed by atoms with Gasteiger partial charge < -0.3 is 0 Å². The van der Waals surface area contributed by atoms with Gasteiger partial charge in [-0.2, -0.15) is 0 Å². The van der Waals surface area contributed by atoms with E-state index in [4.69, 9.17) is 0 Å². The zero-order valence-corrected chi connectivity index (χ0v) is 17.3. The number of hydrogen-bond donors (Lipinski definition) is 3. The fourth-order valence-electron chi connectivity index (χ4n) is 4.00. The monoisotopic (exact) mass is 407 g/mol. The van der Waals surface area contributed by atoms with Crippen molar-refractivity contribution in [2.24, 2.45) is 0 Å². The van der Waals surface area contributed by atoms with E-state index in [9.17, 15) is 0 Å². The maximum absolute atomic E-state index is 3.47. The van der Waals surface area contributed by atoms with Crippen molar-refractivity contribution < 1.29 is 23.2 Å². The molecule has 0 saturated carbocycles.